The van der Waals surface area contributed by atoms with Gasteiger partial charge in [-0.15, -0.1) is 0 Å². The average Bonchev–Trinajstić information content (AvgIpc) is 3.50. The zero-order valence-corrected chi connectivity index (χ0v) is 17.4. The lowest BCUT2D eigenvalue weighted by Gasteiger charge is -2.33. The zero-order valence-electron chi connectivity index (χ0n) is 17.4. The average molecular weight is 384 g/mol. The summed E-state index contributed by atoms with van der Waals surface area (Å²) < 4.78 is 0. The van der Waals surface area contributed by atoms with Crippen LogP contribution in [0.15, 0.2) is 29.4 Å². The number of pyridine rings is 1. The molecule has 0 aromatic carbocycles. The zero-order chi connectivity index (χ0) is 19.2. The standard InChI is InChI=1S/C23H37N5/c1-2-24-23(27-22-16-21(22)18-8-4-3-5-9-18)26-19-11-14-28(15-12-19)17-20-10-6-7-13-25-20/h6-7,10,13,18-19,21-22H,2-5,8-9,11-12,14-17H2,1H3,(H2,24,26,27). The molecular weight excluding hydrogens is 346 g/mol. The first-order chi connectivity index (χ1) is 13.8. The Morgan fingerprint density at radius 3 is 2.64 bits per heavy atom. The summed E-state index contributed by atoms with van der Waals surface area (Å²) in [4.78, 5) is 11.7. The molecule has 0 bridgehead atoms. The van der Waals surface area contributed by atoms with Crippen LogP contribution in [-0.4, -0.2) is 47.6 Å². The van der Waals surface area contributed by atoms with E-state index in [-0.39, 0.29) is 0 Å². The molecular formula is C23H37N5. The lowest BCUT2D eigenvalue weighted by atomic mass is 9.85. The largest absolute Gasteiger partial charge is 0.354 e. The third kappa shape index (κ3) is 5.47. The summed E-state index contributed by atoms with van der Waals surface area (Å²) in [5.41, 5.74) is 1.17. The van der Waals surface area contributed by atoms with Crippen molar-refractivity contribution in [1.29, 1.82) is 0 Å². The minimum atomic E-state index is 0.532. The van der Waals surface area contributed by atoms with Gasteiger partial charge in [0.2, 0.25) is 0 Å². The maximum atomic E-state index is 4.74. The van der Waals surface area contributed by atoms with Gasteiger partial charge in [0.25, 0.3) is 0 Å². The molecule has 28 heavy (non-hydrogen) atoms. The van der Waals surface area contributed by atoms with Crippen LogP contribution in [0.1, 0.15) is 64.0 Å². The summed E-state index contributed by atoms with van der Waals surface area (Å²) in [5, 5.41) is 7.49. The van der Waals surface area contributed by atoms with Gasteiger partial charge in [0.05, 0.1) is 5.69 Å². The number of aliphatic imine (C=N–C) groups is 1. The van der Waals surface area contributed by atoms with E-state index in [0.717, 1.165) is 44.0 Å². The molecule has 1 saturated heterocycles. The molecule has 2 atom stereocenters. The van der Waals surface area contributed by atoms with Gasteiger partial charge in [-0.05, 0) is 50.2 Å². The smallest absolute Gasteiger partial charge is 0.191 e. The number of hydrogen-bond acceptors (Lipinski definition) is 3. The van der Waals surface area contributed by atoms with E-state index < -0.39 is 0 Å². The van der Waals surface area contributed by atoms with E-state index in [4.69, 9.17) is 4.99 Å². The molecule has 4 rings (SSSR count). The van der Waals surface area contributed by atoms with Gasteiger partial charge in [-0.3, -0.25) is 14.9 Å². The van der Waals surface area contributed by atoms with E-state index in [0.29, 0.717) is 12.1 Å². The monoisotopic (exact) mass is 383 g/mol. The fourth-order valence-electron chi connectivity index (χ4n) is 5.08. The van der Waals surface area contributed by atoms with Crippen LogP contribution < -0.4 is 10.6 Å². The molecule has 2 saturated carbocycles. The van der Waals surface area contributed by atoms with E-state index in [9.17, 15) is 0 Å². The van der Waals surface area contributed by atoms with Crippen molar-refractivity contribution in [2.45, 2.75) is 76.9 Å². The van der Waals surface area contributed by atoms with E-state index >= 15 is 0 Å². The molecule has 154 valence electrons. The van der Waals surface area contributed by atoms with Gasteiger partial charge in [0.15, 0.2) is 5.96 Å². The van der Waals surface area contributed by atoms with E-state index in [1.54, 1.807) is 0 Å². The maximum Gasteiger partial charge on any atom is 0.191 e. The van der Waals surface area contributed by atoms with Crippen LogP contribution in [-0.2, 0) is 6.54 Å². The van der Waals surface area contributed by atoms with Gasteiger partial charge in [-0.1, -0.05) is 38.2 Å². The summed E-state index contributed by atoms with van der Waals surface area (Å²) in [6.45, 7) is 6.19. The van der Waals surface area contributed by atoms with Crippen molar-refractivity contribution in [3.63, 3.8) is 0 Å². The molecule has 2 heterocycles. The Balaban J connectivity index is 1.21. The molecule has 0 radical (unpaired) electrons. The number of likely N-dealkylation sites (tertiary alicyclic amines) is 1. The number of rotatable bonds is 6. The topological polar surface area (TPSA) is 52.6 Å². The molecule has 2 unspecified atom stereocenters. The Hall–Kier alpha value is -1.62. The van der Waals surface area contributed by atoms with Crippen molar-refractivity contribution >= 4 is 5.96 Å². The Kier molecular flexibility index (Phi) is 6.84. The first-order valence-electron chi connectivity index (χ1n) is 11.5. The molecule has 2 N–H and O–H groups in total. The Bertz CT molecular complexity index is 617. The number of nitrogens with zero attached hydrogens (tertiary/aromatic N) is 3. The summed E-state index contributed by atoms with van der Waals surface area (Å²) in [6.07, 6.45) is 12.8. The quantitative estimate of drug-likeness (QED) is 0.582. The van der Waals surface area contributed by atoms with Crippen molar-refractivity contribution in [3.05, 3.63) is 30.1 Å². The highest BCUT2D eigenvalue weighted by molar-refractivity contribution is 5.80. The second-order valence-corrected chi connectivity index (χ2v) is 8.89. The van der Waals surface area contributed by atoms with Gasteiger partial charge in [0.1, 0.15) is 0 Å². The SMILES string of the molecule is CCN=C(NC1CCN(Cc2ccccn2)CC1)NC1CC1C1CCCCC1. The minimum absolute atomic E-state index is 0.532. The van der Waals surface area contributed by atoms with E-state index in [1.165, 1.54) is 57.1 Å². The maximum absolute atomic E-state index is 4.74. The summed E-state index contributed by atoms with van der Waals surface area (Å²) >= 11 is 0. The van der Waals surface area contributed by atoms with Crippen LogP contribution in [0.25, 0.3) is 0 Å². The third-order valence-electron chi connectivity index (χ3n) is 6.77. The Labute approximate surface area is 170 Å². The molecule has 2 aliphatic carbocycles. The first-order valence-corrected chi connectivity index (χ1v) is 11.5. The fraction of sp³-hybridized carbons (Fsp3) is 0.739. The Morgan fingerprint density at radius 2 is 1.93 bits per heavy atom. The molecule has 1 aliphatic heterocycles. The Morgan fingerprint density at radius 1 is 1.11 bits per heavy atom. The van der Waals surface area contributed by atoms with Crippen LogP contribution >= 0.6 is 0 Å². The van der Waals surface area contributed by atoms with Crippen LogP contribution in [0.5, 0.6) is 0 Å². The predicted octanol–water partition coefficient (Wildman–Crippen LogP) is 3.57. The highest BCUT2D eigenvalue weighted by Crippen LogP contribution is 2.44. The van der Waals surface area contributed by atoms with Gasteiger partial charge in [-0.2, -0.15) is 0 Å². The first kappa shape index (κ1) is 19.7. The van der Waals surface area contributed by atoms with Crippen molar-refractivity contribution < 1.29 is 0 Å². The summed E-state index contributed by atoms with van der Waals surface area (Å²) in [5.74, 6) is 2.90. The van der Waals surface area contributed by atoms with Crippen molar-refractivity contribution in [3.8, 4) is 0 Å². The third-order valence-corrected chi connectivity index (χ3v) is 6.77. The summed E-state index contributed by atoms with van der Waals surface area (Å²) in [6, 6.07) is 7.38. The highest BCUT2D eigenvalue weighted by Gasteiger charge is 2.43. The second kappa shape index (κ2) is 9.73. The normalized spacial score (nSPS) is 27.5. The van der Waals surface area contributed by atoms with Crippen molar-refractivity contribution in [2.75, 3.05) is 19.6 Å². The van der Waals surface area contributed by atoms with Gasteiger partial charge in [-0.25, -0.2) is 0 Å². The number of aromatic nitrogens is 1. The van der Waals surface area contributed by atoms with Crippen molar-refractivity contribution in [1.82, 2.24) is 20.5 Å². The molecule has 5 nitrogen and oxygen atoms in total. The predicted molar refractivity (Wildman–Crippen MR) is 115 cm³/mol. The molecule has 3 aliphatic rings. The van der Waals surface area contributed by atoms with E-state index in [2.05, 4.69) is 39.6 Å². The molecule has 5 heteroatoms. The number of piperidine rings is 1. The molecule has 1 aromatic heterocycles. The molecule has 1 aromatic rings. The van der Waals surface area contributed by atoms with Gasteiger partial charge in [0, 0.05) is 44.5 Å². The molecule has 0 amide bonds. The van der Waals surface area contributed by atoms with Crippen LogP contribution in [0.2, 0.25) is 0 Å². The van der Waals surface area contributed by atoms with Gasteiger partial charge < -0.3 is 10.6 Å². The second-order valence-electron chi connectivity index (χ2n) is 8.89. The van der Waals surface area contributed by atoms with Crippen LogP contribution in [0.3, 0.4) is 0 Å². The minimum Gasteiger partial charge on any atom is -0.354 e. The number of guanidine groups is 1. The fourth-order valence-corrected chi connectivity index (χ4v) is 5.08. The number of hydrogen-bond donors (Lipinski definition) is 2. The molecule has 3 fully saturated rings. The van der Waals surface area contributed by atoms with Crippen LogP contribution in [0.4, 0.5) is 0 Å². The van der Waals surface area contributed by atoms with E-state index in [1.807, 2.05) is 12.3 Å². The lowest BCUT2D eigenvalue weighted by molar-refractivity contribution is 0.196. The van der Waals surface area contributed by atoms with Crippen LogP contribution in [0, 0.1) is 11.8 Å². The number of nitrogens with one attached hydrogen (secondary N) is 2. The summed E-state index contributed by atoms with van der Waals surface area (Å²) in [7, 11) is 0. The lowest BCUT2D eigenvalue weighted by Crippen LogP contribution is -2.49. The highest BCUT2D eigenvalue weighted by atomic mass is 15.2. The van der Waals surface area contributed by atoms with Gasteiger partial charge >= 0.3 is 0 Å². The molecule has 0 spiro atoms. The van der Waals surface area contributed by atoms with Crippen molar-refractivity contribution in [2.24, 2.45) is 16.8 Å².